The predicted molar refractivity (Wildman–Crippen MR) is 96.6 cm³/mol. The summed E-state index contributed by atoms with van der Waals surface area (Å²) in [5.74, 6) is 1.02. The van der Waals surface area contributed by atoms with E-state index in [4.69, 9.17) is 9.47 Å². The van der Waals surface area contributed by atoms with Crippen molar-refractivity contribution < 1.29 is 19.1 Å². The van der Waals surface area contributed by atoms with E-state index in [9.17, 15) is 9.59 Å². The summed E-state index contributed by atoms with van der Waals surface area (Å²) < 4.78 is 10.4. The summed E-state index contributed by atoms with van der Waals surface area (Å²) in [6, 6.07) is 9.52. The minimum atomic E-state index is -0.544. The molecule has 2 heterocycles. The smallest absolute Gasteiger partial charge is 0.339 e. The van der Waals surface area contributed by atoms with Gasteiger partial charge in [0, 0.05) is 17.7 Å². The number of aromatic nitrogens is 1. The number of hydrogen-bond donors (Lipinski definition) is 0. The van der Waals surface area contributed by atoms with Crippen molar-refractivity contribution in [3.8, 4) is 5.75 Å². The highest BCUT2D eigenvalue weighted by Gasteiger charge is 2.35. The lowest BCUT2D eigenvalue weighted by Gasteiger charge is -2.21. The lowest BCUT2D eigenvalue weighted by molar-refractivity contribution is -0.147. The first-order chi connectivity index (χ1) is 12.2. The van der Waals surface area contributed by atoms with E-state index >= 15 is 0 Å². The minimum absolute atomic E-state index is 0.110. The van der Waals surface area contributed by atoms with Gasteiger partial charge in [-0.05, 0) is 12.1 Å². The van der Waals surface area contributed by atoms with Gasteiger partial charge < -0.3 is 14.4 Å². The Morgan fingerprint density at radius 3 is 2.88 bits per heavy atom. The molecule has 2 aromatic rings. The number of thioether (sulfide) groups is 1. The fourth-order valence-corrected chi connectivity index (χ4v) is 4.30. The minimum Gasteiger partial charge on any atom is -0.486 e. The third kappa shape index (κ3) is 4.52. The van der Waals surface area contributed by atoms with E-state index in [1.54, 1.807) is 4.90 Å². The molecule has 25 heavy (non-hydrogen) atoms. The third-order valence-electron chi connectivity index (χ3n) is 3.65. The number of esters is 1. The fraction of sp³-hybridized carbons (Fsp3) is 0.353. The first-order valence-corrected chi connectivity index (χ1v) is 9.70. The van der Waals surface area contributed by atoms with E-state index in [0.717, 1.165) is 16.5 Å². The van der Waals surface area contributed by atoms with Gasteiger partial charge in [-0.25, -0.2) is 9.78 Å². The number of carbonyl (C=O) groups excluding carboxylic acids is 2. The number of amides is 1. The van der Waals surface area contributed by atoms with Gasteiger partial charge in [0.2, 0.25) is 5.91 Å². The normalized spacial score (nSPS) is 16.7. The van der Waals surface area contributed by atoms with Crippen LogP contribution in [0.4, 0.5) is 0 Å². The van der Waals surface area contributed by atoms with Crippen LogP contribution in [0.1, 0.15) is 10.7 Å². The van der Waals surface area contributed by atoms with E-state index in [1.165, 1.54) is 30.2 Å². The van der Waals surface area contributed by atoms with Crippen molar-refractivity contribution in [1.29, 1.82) is 0 Å². The zero-order chi connectivity index (χ0) is 17.6. The Bertz CT molecular complexity index is 735. The average Bonchev–Trinajstić information content (AvgIpc) is 3.29. The van der Waals surface area contributed by atoms with Crippen LogP contribution < -0.4 is 4.74 Å². The topological polar surface area (TPSA) is 68.7 Å². The average molecular weight is 378 g/mol. The molecule has 0 saturated carbocycles. The maximum absolute atomic E-state index is 12.5. The highest BCUT2D eigenvalue weighted by Crippen LogP contribution is 2.25. The van der Waals surface area contributed by atoms with Gasteiger partial charge in [0.15, 0.2) is 5.37 Å². The Kier molecular flexibility index (Phi) is 5.93. The molecule has 0 aliphatic carbocycles. The van der Waals surface area contributed by atoms with Crippen molar-refractivity contribution in [2.45, 2.75) is 18.4 Å². The van der Waals surface area contributed by atoms with Gasteiger partial charge in [0.25, 0.3) is 0 Å². The zero-order valence-corrected chi connectivity index (χ0v) is 15.3. The Balaban J connectivity index is 1.55. The SMILES string of the molecule is COC(=O)C1SCCN1C(=O)Cc1csc(COc2ccccc2)n1. The standard InChI is InChI=1S/C17H18N2O4S2/c1-22-17(21)16-19(7-8-24-16)15(20)9-12-11-25-14(18-12)10-23-13-5-3-2-4-6-13/h2-6,11,16H,7-10H2,1H3. The van der Waals surface area contributed by atoms with Crippen molar-refractivity contribution in [1.82, 2.24) is 9.88 Å². The van der Waals surface area contributed by atoms with Crippen LogP contribution in [0.5, 0.6) is 5.75 Å². The summed E-state index contributed by atoms with van der Waals surface area (Å²) in [6.45, 7) is 0.921. The number of hydrogen-bond acceptors (Lipinski definition) is 7. The molecule has 1 aromatic heterocycles. The molecule has 132 valence electrons. The van der Waals surface area contributed by atoms with Crippen molar-refractivity contribution in [3.05, 3.63) is 46.4 Å². The Hall–Kier alpha value is -2.06. The van der Waals surface area contributed by atoms with Gasteiger partial charge in [0.1, 0.15) is 17.4 Å². The van der Waals surface area contributed by atoms with Crippen LogP contribution in [0.3, 0.4) is 0 Å². The summed E-state index contributed by atoms with van der Waals surface area (Å²) in [5.41, 5.74) is 0.696. The lowest BCUT2D eigenvalue weighted by Crippen LogP contribution is -2.40. The fourth-order valence-electron chi connectivity index (χ4n) is 2.44. The number of para-hydroxylation sites is 1. The monoisotopic (exact) mass is 378 g/mol. The number of nitrogens with zero attached hydrogens (tertiary/aromatic N) is 2. The molecule has 8 heteroatoms. The number of benzene rings is 1. The second kappa shape index (κ2) is 8.35. The molecular weight excluding hydrogens is 360 g/mol. The molecule has 6 nitrogen and oxygen atoms in total. The molecule has 1 aliphatic heterocycles. The predicted octanol–water partition coefficient (Wildman–Crippen LogP) is 2.34. The van der Waals surface area contributed by atoms with Crippen molar-refractivity contribution in [2.24, 2.45) is 0 Å². The molecule has 1 fully saturated rings. The molecule has 1 unspecified atom stereocenters. The number of ether oxygens (including phenoxy) is 2. The van der Waals surface area contributed by atoms with Gasteiger partial charge in [-0.15, -0.1) is 23.1 Å². The van der Waals surface area contributed by atoms with E-state index in [-0.39, 0.29) is 18.3 Å². The maximum Gasteiger partial charge on any atom is 0.339 e. The molecule has 3 rings (SSSR count). The maximum atomic E-state index is 12.5. The van der Waals surface area contributed by atoms with E-state index < -0.39 is 5.37 Å². The number of methoxy groups -OCH3 is 1. The summed E-state index contributed by atoms with van der Waals surface area (Å²) in [7, 11) is 1.34. The number of rotatable bonds is 6. The first kappa shape index (κ1) is 17.8. The van der Waals surface area contributed by atoms with Crippen LogP contribution in [0.25, 0.3) is 0 Å². The lowest BCUT2D eigenvalue weighted by atomic mass is 10.3. The second-order valence-electron chi connectivity index (χ2n) is 5.34. The van der Waals surface area contributed by atoms with E-state index in [1.807, 2.05) is 35.7 Å². The summed E-state index contributed by atoms with van der Waals surface area (Å²) in [4.78, 5) is 30.2. The second-order valence-corrected chi connectivity index (χ2v) is 7.48. The van der Waals surface area contributed by atoms with Crippen LogP contribution in [-0.4, -0.2) is 46.5 Å². The van der Waals surface area contributed by atoms with Crippen LogP contribution in [0.15, 0.2) is 35.7 Å². The molecule has 1 saturated heterocycles. The molecule has 0 radical (unpaired) electrons. The summed E-state index contributed by atoms with van der Waals surface area (Å²) in [5, 5.41) is 2.13. The molecule has 1 aliphatic rings. The molecule has 0 N–H and O–H groups in total. The molecule has 1 atom stereocenters. The Morgan fingerprint density at radius 1 is 1.32 bits per heavy atom. The highest BCUT2D eigenvalue weighted by atomic mass is 32.2. The van der Waals surface area contributed by atoms with Gasteiger partial charge in [0.05, 0.1) is 19.2 Å². The van der Waals surface area contributed by atoms with Crippen molar-refractivity contribution in [2.75, 3.05) is 19.4 Å². The van der Waals surface area contributed by atoms with Crippen LogP contribution >= 0.6 is 23.1 Å². The highest BCUT2D eigenvalue weighted by molar-refractivity contribution is 8.00. The molecular formula is C17H18N2O4S2. The Labute approximate surface area is 154 Å². The van der Waals surface area contributed by atoms with Gasteiger partial charge in [-0.1, -0.05) is 18.2 Å². The first-order valence-electron chi connectivity index (χ1n) is 7.77. The van der Waals surface area contributed by atoms with Crippen molar-refractivity contribution in [3.63, 3.8) is 0 Å². The summed E-state index contributed by atoms with van der Waals surface area (Å²) >= 11 is 2.89. The van der Waals surface area contributed by atoms with Gasteiger partial charge in [-0.2, -0.15) is 0 Å². The largest absolute Gasteiger partial charge is 0.486 e. The third-order valence-corrected chi connectivity index (χ3v) is 5.70. The molecule has 0 bridgehead atoms. The van der Waals surface area contributed by atoms with Crippen LogP contribution in [0.2, 0.25) is 0 Å². The van der Waals surface area contributed by atoms with Crippen LogP contribution in [0, 0.1) is 0 Å². The Morgan fingerprint density at radius 2 is 2.12 bits per heavy atom. The molecule has 1 amide bonds. The zero-order valence-electron chi connectivity index (χ0n) is 13.7. The van der Waals surface area contributed by atoms with Gasteiger partial charge >= 0.3 is 5.97 Å². The van der Waals surface area contributed by atoms with E-state index in [0.29, 0.717) is 18.8 Å². The van der Waals surface area contributed by atoms with Crippen molar-refractivity contribution >= 4 is 35.0 Å². The van der Waals surface area contributed by atoms with Gasteiger partial charge in [-0.3, -0.25) is 4.79 Å². The van der Waals surface area contributed by atoms with E-state index in [2.05, 4.69) is 4.98 Å². The molecule has 0 spiro atoms. The number of carbonyl (C=O) groups is 2. The van der Waals surface area contributed by atoms with Crippen LogP contribution in [-0.2, 0) is 27.4 Å². The summed E-state index contributed by atoms with van der Waals surface area (Å²) in [6.07, 6.45) is 0.176. The number of thiazole rings is 1. The quantitative estimate of drug-likeness (QED) is 0.719. The molecule has 1 aromatic carbocycles.